The second kappa shape index (κ2) is 4.52. The van der Waals surface area contributed by atoms with E-state index in [1.165, 1.54) is 0 Å². The lowest BCUT2D eigenvalue weighted by Crippen LogP contribution is -2.08. The third-order valence-electron chi connectivity index (χ3n) is 2.16. The molecule has 0 atom stereocenters. The van der Waals surface area contributed by atoms with Crippen LogP contribution in [0, 0.1) is 0 Å². The normalized spacial score (nSPS) is 11.8. The number of rotatable bonds is 2. The van der Waals surface area contributed by atoms with Gasteiger partial charge >= 0.3 is 6.18 Å². The Bertz CT molecular complexity index is 564. The number of pyridine rings is 1. The van der Waals surface area contributed by atoms with E-state index >= 15 is 0 Å². The topological polar surface area (TPSA) is 56.7 Å². The number of imidazole rings is 1. The Morgan fingerprint density at radius 3 is 2.61 bits per heavy atom. The number of aromatic nitrogens is 3. The summed E-state index contributed by atoms with van der Waals surface area (Å²) in [5.41, 5.74) is 4.84. The molecule has 0 aliphatic rings. The average Bonchev–Trinajstić information content (AvgIpc) is 2.66. The van der Waals surface area contributed by atoms with Gasteiger partial charge < -0.3 is 10.3 Å². The van der Waals surface area contributed by atoms with Gasteiger partial charge in [0.2, 0.25) is 0 Å². The van der Waals surface area contributed by atoms with Crippen LogP contribution in [0.3, 0.4) is 0 Å². The van der Waals surface area contributed by atoms with E-state index in [1.807, 2.05) is 0 Å². The molecule has 0 aliphatic heterocycles. The van der Waals surface area contributed by atoms with Crippen molar-refractivity contribution in [3.05, 3.63) is 30.4 Å². The van der Waals surface area contributed by atoms with Crippen molar-refractivity contribution in [3.8, 4) is 0 Å². The predicted molar refractivity (Wildman–Crippen MR) is 61.0 cm³/mol. The van der Waals surface area contributed by atoms with Crippen LogP contribution in [0.2, 0.25) is 0 Å². The van der Waals surface area contributed by atoms with Crippen molar-refractivity contribution in [1.29, 1.82) is 0 Å². The molecular weight excluding hydrogens is 265 g/mol. The number of nitrogen functional groups attached to an aromatic ring is 1. The Labute approximate surface area is 105 Å². The third kappa shape index (κ3) is 2.58. The molecule has 0 bridgehead atoms. The zero-order chi connectivity index (χ0) is 13.3. The van der Waals surface area contributed by atoms with Gasteiger partial charge in [0.15, 0.2) is 5.16 Å². The first kappa shape index (κ1) is 12.7. The summed E-state index contributed by atoms with van der Waals surface area (Å²) in [5.74, 6) is 0. The molecule has 2 rings (SSSR count). The standard InChI is InChI=1S/C10H9F3N4S/c1-17-3-2-15-9(17)18-7-4-8(10(11,12)13)16-5-6(7)14/h2-5H,14H2,1H3. The van der Waals surface area contributed by atoms with E-state index in [1.54, 1.807) is 24.0 Å². The van der Waals surface area contributed by atoms with E-state index in [2.05, 4.69) is 9.97 Å². The lowest BCUT2D eigenvalue weighted by atomic mass is 10.3. The van der Waals surface area contributed by atoms with Crippen LogP contribution < -0.4 is 5.73 Å². The number of aryl methyl sites for hydroxylation is 1. The maximum atomic E-state index is 12.5. The molecule has 0 saturated carbocycles. The quantitative estimate of drug-likeness (QED) is 0.914. The first-order valence-corrected chi connectivity index (χ1v) is 5.67. The lowest BCUT2D eigenvalue weighted by molar-refractivity contribution is -0.141. The molecule has 0 aromatic carbocycles. The van der Waals surface area contributed by atoms with Gasteiger partial charge in [-0.3, -0.25) is 0 Å². The highest BCUT2D eigenvalue weighted by molar-refractivity contribution is 7.99. The zero-order valence-corrected chi connectivity index (χ0v) is 10.1. The summed E-state index contributed by atoms with van der Waals surface area (Å²) in [4.78, 5) is 7.57. The summed E-state index contributed by atoms with van der Waals surface area (Å²) in [6.45, 7) is 0. The largest absolute Gasteiger partial charge is 0.433 e. The highest BCUT2D eigenvalue weighted by Gasteiger charge is 2.33. The molecule has 0 saturated heterocycles. The molecule has 2 heterocycles. The van der Waals surface area contributed by atoms with Crippen molar-refractivity contribution in [2.75, 3.05) is 5.73 Å². The van der Waals surface area contributed by atoms with E-state index in [0.29, 0.717) is 5.16 Å². The van der Waals surface area contributed by atoms with Crippen LogP contribution >= 0.6 is 11.8 Å². The average molecular weight is 274 g/mol. The number of anilines is 1. The molecule has 2 aromatic heterocycles. The molecule has 96 valence electrons. The minimum atomic E-state index is -4.48. The molecule has 18 heavy (non-hydrogen) atoms. The van der Waals surface area contributed by atoms with Crippen LogP contribution in [0.25, 0.3) is 0 Å². The predicted octanol–water partition coefficient (Wildman–Crippen LogP) is 2.57. The van der Waals surface area contributed by atoms with E-state index in [4.69, 9.17) is 5.73 Å². The van der Waals surface area contributed by atoms with Crippen molar-refractivity contribution in [2.24, 2.45) is 7.05 Å². The number of alkyl halides is 3. The maximum Gasteiger partial charge on any atom is 0.433 e. The highest BCUT2D eigenvalue weighted by atomic mass is 32.2. The Morgan fingerprint density at radius 2 is 2.06 bits per heavy atom. The van der Waals surface area contributed by atoms with Crippen LogP contribution in [0.15, 0.2) is 34.7 Å². The molecule has 0 aliphatic carbocycles. The van der Waals surface area contributed by atoms with Gasteiger partial charge in [-0.25, -0.2) is 9.97 Å². The first-order chi connectivity index (χ1) is 8.38. The molecule has 0 spiro atoms. The van der Waals surface area contributed by atoms with Gasteiger partial charge in [-0.1, -0.05) is 0 Å². The van der Waals surface area contributed by atoms with Crippen molar-refractivity contribution in [2.45, 2.75) is 16.2 Å². The minimum absolute atomic E-state index is 0.191. The number of nitrogens with zero attached hydrogens (tertiary/aromatic N) is 3. The fourth-order valence-corrected chi connectivity index (χ4v) is 2.10. The zero-order valence-electron chi connectivity index (χ0n) is 9.27. The van der Waals surface area contributed by atoms with Gasteiger partial charge in [-0.2, -0.15) is 13.2 Å². The fourth-order valence-electron chi connectivity index (χ4n) is 1.24. The van der Waals surface area contributed by atoms with Crippen LogP contribution in [-0.2, 0) is 13.2 Å². The van der Waals surface area contributed by atoms with E-state index in [-0.39, 0.29) is 10.6 Å². The van der Waals surface area contributed by atoms with Gasteiger partial charge in [-0.15, -0.1) is 0 Å². The molecule has 0 fully saturated rings. The Hall–Kier alpha value is -1.70. The molecule has 0 unspecified atom stereocenters. The molecule has 0 amide bonds. The summed E-state index contributed by atoms with van der Waals surface area (Å²) >= 11 is 1.06. The molecule has 2 aromatic rings. The fraction of sp³-hybridized carbons (Fsp3) is 0.200. The second-order valence-electron chi connectivity index (χ2n) is 3.53. The van der Waals surface area contributed by atoms with Gasteiger partial charge in [0.05, 0.1) is 11.9 Å². The van der Waals surface area contributed by atoms with Crippen molar-refractivity contribution in [1.82, 2.24) is 14.5 Å². The molecule has 2 N–H and O–H groups in total. The van der Waals surface area contributed by atoms with Crippen LogP contribution in [-0.4, -0.2) is 14.5 Å². The number of hydrogen-bond acceptors (Lipinski definition) is 4. The summed E-state index contributed by atoms with van der Waals surface area (Å²) in [7, 11) is 1.75. The Kier molecular flexibility index (Phi) is 3.20. The highest BCUT2D eigenvalue weighted by Crippen LogP contribution is 2.35. The van der Waals surface area contributed by atoms with Crippen molar-refractivity contribution < 1.29 is 13.2 Å². The summed E-state index contributed by atoms with van der Waals surface area (Å²) in [6, 6.07) is 0.925. The summed E-state index contributed by atoms with van der Waals surface area (Å²) < 4.78 is 39.3. The summed E-state index contributed by atoms with van der Waals surface area (Å²) in [5, 5.41) is 0.557. The summed E-state index contributed by atoms with van der Waals surface area (Å²) in [6.07, 6.45) is -0.215. The van der Waals surface area contributed by atoms with Crippen LogP contribution in [0.1, 0.15) is 5.69 Å². The molecule has 4 nitrogen and oxygen atoms in total. The maximum absolute atomic E-state index is 12.5. The number of halogens is 3. The van der Waals surface area contributed by atoms with Crippen molar-refractivity contribution in [3.63, 3.8) is 0 Å². The Morgan fingerprint density at radius 1 is 1.33 bits per heavy atom. The molecule has 0 radical (unpaired) electrons. The van der Waals surface area contributed by atoms with Crippen LogP contribution in [0.5, 0.6) is 0 Å². The van der Waals surface area contributed by atoms with Gasteiger partial charge in [0.1, 0.15) is 5.69 Å². The third-order valence-corrected chi connectivity index (χ3v) is 3.31. The van der Waals surface area contributed by atoms with Gasteiger partial charge in [0, 0.05) is 24.3 Å². The van der Waals surface area contributed by atoms with E-state index < -0.39 is 11.9 Å². The number of nitrogens with two attached hydrogens (primary N) is 1. The molecular formula is C10H9F3N4S. The van der Waals surface area contributed by atoms with Crippen molar-refractivity contribution >= 4 is 17.4 Å². The van der Waals surface area contributed by atoms with Gasteiger partial charge in [-0.05, 0) is 17.8 Å². The monoisotopic (exact) mass is 274 g/mol. The first-order valence-electron chi connectivity index (χ1n) is 4.86. The second-order valence-corrected chi connectivity index (χ2v) is 4.54. The van der Waals surface area contributed by atoms with Gasteiger partial charge in [0.25, 0.3) is 0 Å². The smallest absolute Gasteiger partial charge is 0.397 e. The molecule has 8 heteroatoms. The minimum Gasteiger partial charge on any atom is -0.397 e. The Balaban J connectivity index is 2.36. The van der Waals surface area contributed by atoms with Crippen LogP contribution in [0.4, 0.5) is 18.9 Å². The van der Waals surface area contributed by atoms with E-state index in [0.717, 1.165) is 24.0 Å². The lowest BCUT2D eigenvalue weighted by Gasteiger charge is -2.09. The van der Waals surface area contributed by atoms with E-state index in [9.17, 15) is 13.2 Å². The number of hydrogen-bond donors (Lipinski definition) is 1. The SMILES string of the molecule is Cn1ccnc1Sc1cc(C(F)(F)F)ncc1N.